The monoisotopic (exact) mass is 378 g/mol. The summed E-state index contributed by atoms with van der Waals surface area (Å²) in [4.78, 5) is 19.7. The van der Waals surface area contributed by atoms with Gasteiger partial charge in [0.25, 0.3) is 5.91 Å². The number of hydrogen-bond donors (Lipinski definition) is 2. The van der Waals surface area contributed by atoms with E-state index < -0.39 is 0 Å². The number of aromatic nitrogens is 1. The molecule has 0 radical (unpaired) electrons. The molecule has 0 bridgehead atoms. The summed E-state index contributed by atoms with van der Waals surface area (Å²) in [7, 11) is 0. The highest BCUT2D eigenvalue weighted by Gasteiger charge is 2.10. The van der Waals surface area contributed by atoms with Crippen LogP contribution in [0.15, 0.2) is 30.5 Å². The fourth-order valence-electron chi connectivity index (χ4n) is 2.91. The normalized spacial score (nSPS) is 15.1. The molecule has 1 aliphatic rings. The number of carbonyl (C=O) groups is 1. The van der Waals surface area contributed by atoms with Crippen LogP contribution in [0.5, 0.6) is 0 Å². The Morgan fingerprint density at radius 2 is 1.96 bits per heavy atom. The van der Waals surface area contributed by atoms with Gasteiger partial charge in [-0.15, -0.1) is 11.3 Å². The number of anilines is 1. The van der Waals surface area contributed by atoms with E-state index in [1.807, 2.05) is 24.3 Å². The first-order valence-corrected chi connectivity index (χ1v) is 9.85. The van der Waals surface area contributed by atoms with Crippen LogP contribution in [-0.4, -0.2) is 42.0 Å². The third-order valence-corrected chi connectivity index (χ3v) is 5.42. The Morgan fingerprint density at radius 3 is 2.64 bits per heavy atom. The lowest BCUT2D eigenvalue weighted by atomic mass is 10.1. The molecule has 0 aliphatic carbocycles. The molecule has 1 aliphatic heterocycles. The van der Waals surface area contributed by atoms with Gasteiger partial charge in [0.15, 0.2) is 4.47 Å². The Morgan fingerprint density at radius 1 is 1.20 bits per heavy atom. The van der Waals surface area contributed by atoms with Gasteiger partial charge in [0.2, 0.25) is 0 Å². The highest BCUT2D eigenvalue weighted by molar-refractivity contribution is 7.15. The number of rotatable bonds is 7. The van der Waals surface area contributed by atoms with Crippen molar-refractivity contribution >= 4 is 34.5 Å². The van der Waals surface area contributed by atoms with Gasteiger partial charge >= 0.3 is 0 Å². The van der Waals surface area contributed by atoms with Gasteiger partial charge in [-0.2, -0.15) is 0 Å². The molecule has 0 unspecified atom stereocenters. The van der Waals surface area contributed by atoms with Gasteiger partial charge in [0, 0.05) is 35.4 Å². The molecular weight excluding hydrogens is 356 g/mol. The Balaban J connectivity index is 1.42. The molecule has 3 rings (SSSR count). The van der Waals surface area contributed by atoms with Gasteiger partial charge in [0.05, 0.1) is 6.54 Å². The summed E-state index contributed by atoms with van der Waals surface area (Å²) in [5.41, 5.74) is 1.65. The molecule has 5 nitrogen and oxygen atoms in total. The number of carbonyl (C=O) groups excluding carboxylic acids is 1. The molecular formula is C18H23ClN4OS. The van der Waals surface area contributed by atoms with Crippen molar-refractivity contribution in [2.45, 2.75) is 25.8 Å². The van der Waals surface area contributed by atoms with Crippen molar-refractivity contribution in [2.24, 2.45) is 0 Å². The molecule has 0 spiro atoms. The summed E-state index contributed by atoms with van der Waals surface area (Å²) in [6, 6.07) is 7.53. The van der Waals surface area contributed by atoms with Crippen molar-refractivity contribution in [3.8, 4) is 0 Å². The summed E-state index contributed by atoms with van der Waals surface area (Å²) in [5.74, 6) is -0.0159. The van der Waals surface area contributed by atoms with Crippen molar-refractivity contribution < 1.29 is 4.79 Å². The largest absolute Gasteiger partial charge is 0.380 e. The van der Waals surface area contributed by atoms with Gasteiger partial charge in [-0.3, -0.25) is 4.79 Å². The third kappa shape index (κ3) is 5.70. The van der Waals surface area contributed by atoms with E-state index in [2.05, 4.69) is 20.5 Å². The fraction of sp³-hybridized carbons (Fsp3) is 0.444. The molecule has 1 aromatic carbocycles. The Bertz CT molecular complexity index is 683. The van der Waals surface area contributed by atoms with E-state index in [-0.39, 0.29) is 5.91 Å². The number of thiazole rings is 1. The van der Waals surface area contributed by atoms with Crippen LogP contribution in [0.25, 0.3) is 0 Å². The van der Waals surface area contributed by atoms with Crippen molar-refractivity contribution in [1.82, 2.24) is 15.2 Å². The van der Waals surface area contributed by atoms with Gasteiger partial charge in [-0.05, 0) is 50.2 Å². The number of benzene rings is 1. The van der Waals surface area contributed by atoms with E-state index >= 15 is 0 Å². The van der Waals surface area contributed by atoms with Crippen molar-refractivity contribution in [2.75, 3.05) is 31.5 Å². The predicted octanol–water partition coefficient (Wildman–Crippen LogP) is 3.62. The lowest BCUT2D eigenvalue weighted by Crippen LogP contribution is -2.37. The molecule has 0 saturated carbocycles. The van der Waals surface area contributed by atoms with E-state index in [1.54, 1.807) is 6.20 Å². The van der Waals surface area contributed by atoms with Crippen molar-refractivity contribution in [3.63, 3.8) is 0 Å². The lowest BCUT2D eigenvalue weighted by Gasteiger charge is -2.26. The van der Waals surface area contributed by atoms with Gasteiger partial charge in [-0.1, -0.05) is 18.0 Å². The quantitative estimate of drug-likeness (QED) is 0.772. The van der Waals surface area contributed by atoms with Crippen molar-refractivity contribution in [3.05, 3.63) is 45.4 Å². The van der Waals surface area contributed by atoms with Crippen LogP contribution >= 0.6 is 22.9 Å². The molecule has 1 saturated heterocycles. The SMILES string of the molecule is O=C(NCCN1CCCCC1)c1ccc(NCc2cnc(Cl)s2)cc1. The molecule has 1 fully saturated rings. The maximum absolute atomic E-state index is 12.2. The zero-order valence-electron chi connectivity index (χ0n) is 14.1. The highest BCUT2D eigenvalue weighted by atomic mass is 35.5. The Kier molecular flexibility index (Phi) is 6.67. The van der Waals surface area contributed by atoms with Crippen LogP contribution in [0.3, 0.4) is 0 Å². The number of amides is 1. The third-order valence-electron chi connectivity index (χ3n) is 4.30. The first-order valence-electron chi connectivity index (χ1n) is 8.65. The summed E-state index contributed by atoms with van der Waals surface area (Å²) in [5, 5.41) is 6.30. The Labute approximate surface area is 157 Å². The van der Waals surface area contributed by atoms with Crippen molar-refractivity contribution in [1.29, 1.82) is 0 Å². The van der Waals surface area contributed by atoms with Gasteiger partial charge in [0.1, 0.15) is 0 Å². The van der Waals surface area contributed by atoms with Gasteiger partial charge in [-0.25, -0.2) is 4.98 Å². The standard InChI is InChI=1S/C18H23ClN4OS/c19-18-22-13-16(25-18)12-21-15-6-4-14(5-7-15)17(24)20-8-11-23-9-2-1-3-10-23/h4-7,13,21H,1-3,8-12H2,(H,20,24). The second kappa shape index (κ2) is 9.17. The summed E-state index contributed by atoms with van der Waals surface area (Å²) < 4.78 is 0.549. The number of hydrogen-bond acceptors (Lipinski definition) is 5. The number of piperidine rings is 1. The minimum Gasteiger partial charge on any atom is -0.380 e. The lowest BCUT2D eigenvalue weighted by molar-refractivity contribution is 0.0946. The zero-order valence-corrected chi connectivity index (χ0v) is 15.7. The van der Waals surface area contributed by atoms with Crippen LogP contribution in [0.1, 0.15) is 34.5 Å². The van der Waals surface area contributed by atoms with E-state index in [0.29, 0.717) is 23.1 Å². The van der Waals surface area contributed by atoms with E-state index in [0.717, 1.165) is 30.2 Å². The summed E-state index contributed by atoms with van der Waals surface area (Å²) in [6.07, 6.45) is 5.65. The van der Waals surface area contributed by atoms with Crippen LogP contribution in [0, 0.1) is 0 Å². The molecule has 0 atom stereocenters. The zero-order chi connectivity index (χ0) is 17.5. The fourth-order valence-corrected chi connectivity index (χ4v) is 3.82. The molecule has 2 N–H and O–H groups in total. The maximum atomic E-state index is 12.2. The van der Waals surface area contributed by atoms with Gasteiger partial charge < -0.3 is 15.5 Å². The number of likely N-dealkylation sites (tertiary alicyclic amines) is 1. The number of nitrogens with zero attached hydrogens (tertiary/aromatic N) is 2. The number of halogens is 1. The minimum absolute atomic E-state index is 0.0159. The summed E-state index contributed by atoms with van der Waals surface area (Å²) in [6.45, 7) is 4.61. The average molecular weight is 379 g/mol. The van der Waals surface area contributed by atoms with Crippen LogP contribution in [0.4, 0.5) is 5.69 Å². The molecule has 1 amide bonds. The second-order valence-electron chi connectivity index (χ2n) is 6.17. The molecule has 2 aromatic rings. The molecule has 1 aromatic heterocycles. The molecule has 25 heavy (non-hydrogen) atoms. The molecule has 134 valence electrons. The average Bonchev–Trinajstić information content (AvgIpc) is 3.06. The molecule has 2 heterocycles. The first kappa shape index (κ1) is 18.2. The summed E-state index contributed by atoms with van der Waals surface area (Å²) >= 11 is 7.28. The Hall–Kier alpha value is -1.63. The maximum Gasteiger partial charge on any atom is 0.251 e. The van der Waals surface area contributed by atoms with Crippen LogP contribution in [-0.2, 0) is 6.54 Å². The minimum atomic E-state index is -0.0159. The first-order chi connectivity index (χ1) is 12.2. The number of nitrogens with one attached hydrogen (secondary N) is 2. The van der Waals surface area contributed by atoms with E-state index in [1.165, 1.54) is 30.6 Å². The topological polar surface area (TPSA) is 57.3 Å². The second-order valence-corrected chi connectivity index (χ2v) is 7.87. The highest BCUT2D eigenvalue weighted by Crippen LogP contribution is 2.19. The van der Waals surface area contributed by atoms with E-state index in [9.17, 15) is 4.79 Å². The van der Waals surface area contributed by atoms with Crippen LogP contribution in [0.2, 0.25) is 4.47 Å². The predicted molar refractivity (Wildman–Crippen MR) is 104 cm³/mol. The van der Waals surface area contributed by atoms with E-state index in [4.69, 9.17) is 11.6 Å². The van der Waals surface area contributed by atoms with Crippen LogP contribution < -0.4 is 10.6 Å². The molecule has 7 heteroatoms. The smallest absolute Gasteiger partial charge is 0.251 e.